The van der Waals surface area contributed by atoms with Gasteiger partial charge in [0, 0.05) is 45.3 Å². The third kappa shape index (κ3) is 5.21. The number of hydrogen-bond acceptors (Lipinski definition) is 5. The molecule has 0 spiro atoms. The number of hydrogen-bond donors (Lipinski definition) is 2. The topological polar surface area (TPSA) is 68.9 Å². The van der Waals surface area contributed by atoms with Crippen molar-refractivity contribution >= 4 is 5.96 Å². The summed E-state index contributed by atoms with van der Waals surface area (Å²) in [6, 6.07) is 2.49. The summed E-state index contributed by atoms with van der Waals surface area (Å²) < 4.78 is 5.34. The molecule has 0 aliphatic carbocycles. The van der Waals surface area contributed by atoms with Gasteiger partial charge in [-0.2, -0.15) is 0 Å². The summed E-state index contributed by atoms with van der Waals surface area (Å²) in [4.78, 5) is 9.03. The van der Waals surface area contributed by atoms with E-state index in [4.69, 9.17) is 4.52 Å². The molecule has 7 nitrogen and oxygen atoms in total. The van der Waals surface area contributed by atoms with Gasteiger partial charge in [-0.15, -0.1) is 0 Å². The summed E-state index contributed by atoms with van der Waals surface area (Å²) in [5, 5.41) is 10.7. The van der Waals surface area contributed by atoms with Crippen LogP contribution in [-0.4, -0.2) is 74.3 Å². The van der Waals surface area contributed by atoms with Gasteiger partial charge in [0.15, 0.2) is 11.7 Å². The molecule has 7 heteroatoms. The van der Waals surface area contributed by atoms with Crippen LogP contribution in [0.1, 0.15) is 31.2 Å². The fourth-order valence-corrected chi connectivity index (χ4v) is 2.61. The molecule has 0 bridgehead atoms. The number of rotatable bonds is 5. The first-order valence-electron chi connectivity index (χ1n) is 8.28. The highest BCUT2D eigenvalue weighted by atomic mass is 16.5. The van der Waals surface area contributed by atoms with Crippen LogP contribution in [0.3, 0.4) is 0 Å². The number of aromatic nitrogens is 1. The molecule has 0 aromatic carbocycles. The quantitative estimate of drug-likeness (QED) is 0.615. The molecule has 2 heterocycles. The number of likely N-dealkylation sites (N-methyl/N-ethyl adjacent to an activating group) is 2. The maximum Gasteiger partial charge on any atom is 0.191 e. The maximum absolute atomic E-state index is 5.34. The minimum Gasteiger partial charge on any atom is -0.359 e. The lowest BCUT2D eigenvalue weighted by atomic mass is 10.1. The molecule has 1 saturated heterocycles. The molecule has 0 amide bonds. The molecule has 1 unspecified atom stereocenters. The largest absolute Gasteiger partial charge is 0.359 e. The van der Waals surface area contributed by atoms with Crippen molar-refractivity contribution in [3.05, 3.63) is 17.5 Å². The zero-order valence-corrected chi connectivity index (χ0v) is 15.0. The monoisotopic (exact) mass is 322 g/mol. The summed E-state index contributed by atoms with van der Waals surface area (Å²) in [5.41, 5.74) is 0.983. The van der Waals surface area contributed by atoms with Gasteiger partial charge in [-0.05, 0) is 20.0 Å². The molecule has 0 radical (unpaired) electrons. The van der Waals surface area contributed by atoms with E-state index in [0.29, 0.717) is 18.5 Å². The second-order valence-electron chi connectivity index (χ2n) is 6.58. The summed E-state index contributed by atoms with van der Waals surface area (Å²) in [6.45, 7) is 8.96. The number of nitrogens with one attached hydrogen (secondary N) is 2. The van der Waals surface area contributed by atoms with Crippen molar-refractivity contribution in [1.29, 1.82) is 0 Å². The first kappa shape index (κ1) is 17.7. The van der Waals surface area contributed by atoms with Crippen molar-refractivity contribution in [3.63, 3.8) is 0 Å². The maximum atomic E-state index is 5.34. The van der Waals surface area contributed by atoms with E-state index in [9.17, 15) is 0 Å². The smallest absolute Gasteiger partial charge is 0.191 e. The van der Waals surface area contributed by atoms with Crippen LogP contribution >= 0.6 is 0 Å². The SMILES string of the molecule is CN=C(NCc1cc(C(C)C)no1)NCC1CN(C)CCN1C. The van der Waals surface area contributed by atoms with Crippen molar-refractivity contribution in [1.82, 2.24) is 25.6 Å². The lowest BCUT2D eigenvalue weighted by Crippen LogP contribution is -2.55. The van der Waals surface area contributed by atoms with Crippen molar-refractivity contribution < 1.29 is 4.52 Å². The Labute approximate surface area is 139 Å². The van der Waals surface area contributed by atoms with Crippen LogP contribution in [0.4, 0.5) is 0 Å². The lowest BCUT2D eigenvalue weighted by molar-refractivity contribution is 0.116. The average molecular weight is 322 g/mol. The first-order valence-corrected chi connectivity index (χ1v) is 8.28. The first-order chi connectivity index (χ1) is 11.0. The highest BCUT2D eigenvalue weighted by molar-refractivity contribution is 5.79. The van der Waals surface area contributed by atoms with Crippen LogP contribution in [0, 0.1) is 0 Å². The van der Waals surface area contributed by atoms with Crippen LogP contribution in [0.15, 0.2) is 15.6 Å². The normalized spacial score (nSPS) is 21.0. The molecule has 2 rings (SSSR count). The standard InChI is InChI=1S/C16H30N6O/c1-12(2)15-8-14(23-20-15)10-19-16(17-3)18-9-13-11-21(4)6-7-22(13)5/h8,12-13H,6-7,9-11H2,1-5H3,(H2,17,18,19). The number of piperazine rings is 1. The van der Waals surface area contributed by atoms with Crippen molar-refractivity contribution in [2.75, 3.05) is 47.3 Å². The molecule has 23 heavy (non-hydrogen) atoms. The number of guanidine groups is 1. The average Bonchev–Trinajstić information content (AvgIpc) is 3.00. The minimum atomic E-state index is 0.378. The van der Waals surface area contributed by atoms with Crippen LogP contribution in [0.5, 0.6) is 0 Å². The van der Waals surface area contributed by atoms with Gasteiger partial charge in [0.1, 0.15) is 0 Å². The van der Waals surface area contributed by atoms with Crippen LogP contribution < -0.4 is 10.6 Å². The third-order valence-electron chi connectivity index (χ3n) is 4.31. The fraction of sp³-hybridized carbons (Fsp3) is 0.750. The molecular formula is C16H30N6O. The van der Waals surface area contributed by atoms with Crippen LogP contribution in [0.2, 0.25) is 0 Å². The van der Waals surface area contributed by atoms with E-state index in [1.165, 1.54) is 0 Å². The molecule has 1 fully saturated rings. The highest BCUT2D eigenvalue weighted by Gasteiger charge is 2.22. The van der Waals surface area contributed by atoms with Gasteiger partial charge in [-0.1, -0.05) is 19.0 Å². The summed E-state index contributed by atoms with van der Waals surface area (Å²) in [5.74, 6) is 1.99. The lowest BCUT2D eigenvalue weighted by Gasteiger charge is -2.37. The number of nitrogens with zero attached hydrogens (tertiary/aromatic N) is 4. The van der Waals surface area contributed by atoms with E-state index in [1.807, 2.05) is 6.07 Å². The van der Waals surface area contributed by atoms with E-state index < -0.39 is 0 Å². The Balaban J connectivity index is 1.78. The molecule has 130 valence electrons. The Bertz CT molecular complexity index is 512. The fourth-order valence-electron chi connectivity index (χ4n) is 2.61. The van der Waals surface area contributed by atoms with Gasteiger partial charge in [0.25, 0.3) is 0 Å². The molecule has 1 atom stereocenters. The molecule has 0 saturated carbocycles. The second kappa shape index (κ2) is 8.31. The summed E-state index contributed by atoms with van der Waals surface area (Å²) in [7, 11) is 6.13. The molecule has 1 aromatic heterocycles. The molecule has 2 N–H and O–H groups in total. The highest BCUT2D eigenvalue weighted by Crippen LogP contribution is 2.13. The van der Waals surface area contributed by atoms with Gasteiger partial charge >= 0.3 is 0 Å². The molecule has 1 aliphatic heterocycles. The summed E-state index contributed by atoms with van der Waals surface area (Å²) >= 11 is 0. The Morgan fingerprint density at radius 1 is 1.39 bits per heavy atom. The second-order valence-corrected chi connectivity index (χ2v) is 6.58. The summed E-state index contributed by atoms with van der Waals surface area (Å²) in [6.07, 6.45) is 0. The van der Waals surface area contributed by atoms with E-state index in [2.05, 4.69) is 58.5 Å². The van der Waals surface area contributed by atoms with Gasteiger partial charge in [0.05, 0.1) is 12.2 Å². The van der Waals surface area contributed by atoms with Gasteiger partial charge in [0.2, 0.25) is 0 Å². The van der Waals surface area contributed by atoms with Gasteiger partial charge < -0.3 is 20.1 Å². The Morgan fingerprint density at radius 3 is 2.83 bits per heavy atom. The molecule has 1 aliphatic rings. The van der Waals surface area contributed by atoms with Crippen molar-refractivity contribution in [2.24, 2.45) is 4.99 Å². The zero-order chi connectivity index (χ0) is 16.8. The molecule has 1 aromatic rings. The van der Waals surface area contributed by atoms with E-state index in [-0.39, 0.29) is 0 Å². The Hall–Kier alpha value is -1.60. The Morgan fingerprint density at radius 2 is 2.17 bits per heavy atom. The van der Waals surface area contributed by atoms with E-state index in [1.54, 1.807) is 7.05 Å². The Kier molecular flexibility index (Phi) is 6.41. The minimum absolute atomic E-state index is 0.378. The third-order valence-corrected chi connectivity index (χ3v) is 4.31. The van der Waals surface area contributed by atoms with Crippen LogP contribution in [-0.2, 0) is 6.54 Å². The van der Waals surface area contributed by atoms with Gasteiger partial charge in [-0.3, -0.25) is 9.89 Å². The predicted molar refractivity (Wildman–Crippen MR) is 92.7 cm³/mol. The van der Waals surface area contributed by atoms with Gasteiger partial charge in [-0.25, -0.2) is 0 Å². The van der Waals surface area contributed by atoms with Crippen molar-refractivity contribution in [2.45, 2.75) is 32.4 Å². The molecular weight excluding hydrogens is 292 g/mol. The number of aliphatic imine (C=N–C) groups is 1. The zero-order valence-electron chi connectivity index (χ0n) is 15.0. The van der Waals surface area contributed by atoms with E-state index >= 15 is 0 Å². The van der Waals surface area contributed by atoms with Crippen LogP contribution in [0.25, 0.3) is 0 Å². The van der Waals surface area contributed by atoms with E-state index in [0.717, 1.165) is 43.6 Å². The predicted octanol–water partition coefficient (Wildman–Crippen LogP) is 0.709. The van der Waals surface area contributed by atoms with Crippen molar-refractivity contribution in [3.8, 4) is 0 Å².